The first-order valence-electron chi connectivity index (χ1n) is 6.30. The van der Waals surface area contributed by atoms with Crippen LogP contribution in [0.3, 0.4) is 0 Å². The van der Waals surface area contributed by atoms with Gasteiger partial charge < -0.3 is 14.8 Å². The molecule has 0 spiro atoms. The Morgan fingerprint density at radius 3 is 2.65 bits per heavy atom. The summed E-state index contributed by atoms with van der Waals surface area (Å²) in [5, 5.41) is 3.30. The Bertz CT molecular complexity index is 576. The zero-order chi connectivity index (χ0) is 14.4. The molecule has 20 heavy (non-hydrogen) atoms. The monoisotopic (exact) mass is 336 g/mol. The highest BCUT2D eigenvalue weighted by molar-refractivity contribution is 9.10. The van der Waals surface area contributed by atoms with Crippen molar-refractivity contribution in [3.8, 4) is 11.5 Å². The number of benzene rings is 1. The first-order valence-corrected chi connectivity index (χ1v) is 7.09. The highest BCUT2D eigenvalue weighted by Crippen LogP contribution is 2.27. The maximum atomic E-state index is 5.30. The molecule has 106 valence electrons. The number of nitrogens with zero attached hydrogens (tertiary/aromatic N) is 1. The third-order valence-electron chi connectivity index (χ3n) is 2.91. The fourth-order valence-corrected chi connectivity index (χ4v) is 2.27. The first kappa shape index (κ1) is 14.7. The van der Waals surface area contributed by atoms with E-state index in [1.165, 1.54) is 5.56 Å². The highest BCUT2D eigenvalue weighted by atomic mass is 79.9. The van der Waals surface area contributed by atoms with Gasteiger partial charge in [-0.25, -0.2) is 4.98 Å². The van der Waals surface area contributed by atoms with Gasteiger partial charge in [0.05, 0.1) is 18.7 Å². The van der Waals surface area contributed by atoms with Crippen LogP contribution in [-0.4, -0.2) is 25.7 Å². The number of aromatic nitrogens is 1. The second kappa shape index (κ2) is 7.14. The fourth-order valence-electron chi connectivity index (χ4n) is 1.88. The molecular weight excluding hydrogens is 320 g/mol. The predicted molar refractivity (Wildman–Crippen MR) is 83.7 cm³/mol. The van der Waals surface area contributed by atoms with Crippen molar-refractivity contribution in [3.63, 3.8) is 0 Å². The summed E-state index contributed by atoms with van der Waals surface area (Å²) in [7, 11) is 3.28. The van der Waals surface area contributed by atoms with Crippen molar-refractivity contribution in [1.29, 1.82) is 0 Å². The van der Waals surface area contributed by atoms with Crippen molar-refractivity contribution in [3.05, 3.63) is 46.6 Å². The molecule has 0 saturated carbocycles. The zero-order valence-electron chi connectivity index (χ0n) is 11.5. The number of ether oxygens (including phenoxy) is 2. The van der Waals surface area contributed by atoms with Gasteiger partial charge in [-0.3, -0.25) is 0 Å². The summed E-state index contributed by atoms with van der Waals surface area (Å²) in [6.45, 7) is 0.797. The molecule has 0 amide bonds. The van der Waals surface area contributed by atoms with E-state index in [0.717, 1.165) is 34.8 Å². The molecule has 5 heteroatoms. The van der Waals surface area contributed by atoms with E-state index in [0.29, 0.717) is 0 Å². The van der Waals surface area contributed by atoms with Crippen molar-refractivity contribution >= 4 is 21.7 Å². The average Bonchev–Trinajstić information content (AvgIpc) is 2.49. The summed E-state index contributed by atoms with van der Waals surface area (Å²) in [5.41, 5.74) is 1.18. The number of nitrogens with one attached hydrogen (secondary N) is 1. The van der Waals surface area contributed by atoms with Crippen LogP contribution in [-0.2, 0) is 6.42 Å². The second-order valence-corrected chi connectivity index (χ2v) is 5.05. The molecule has 1 aromatic heterocycles. The number of hydrogen-bond acceptors (Lipinski definition) is 4. The van der Waals surface area contributed by atoms with Crippen molar-refractivity contribution in [1.82, 2.24) is 4.98 Å². The standard InChI is InChI=1S/C15H17BrN2O2/c1-19-13-6-5-11(10-14(13)20-2)7-9-18-15-12(16)4-3-8-17-15/h3-6,8,10H,7,9H2,1-2H3,(H,17,18). The molecule has 0 bridgehead atoms. The Kier molecular flexibility index (Phi) is 5.24. The maximum Gasteiger partial charge on any atom is 0.160 e. The molecule has 0 aliphatic rings. The van der Waals surface area contributed by atoms with Crippen LogP contribution in [0.15, 0.2) is 41.0 Å². The van der Waals surface area contributed by atoms with Gasteiger partial charge in [-0.15, -0.1) is 0 Å². The van der Waals surface area contributed by atoms with Gasteiger partial charge in [0.15, 0.2) is 11.5 Å². The number of methoxy groups -OCH3 is 2. The number of pyridine rings is 1. The summed E-state index contributed by atoms with van der Waals surface area (Å²) in [5.74, 6) is 2.36. The summed E-state index contributed by atoms with van der Waals surface area (Å²) in [6, 6.07) is 9.81. The second-order valence-electron chi connectivity index (χ2n) is 4.20. The van der Waals surface area contributed by atoms with E-state index in [2.05, 4.69) is 26.2 Å². The van der Waals surface area contributed by atoms with Crippen LogP contribution in [0.5, 0.6) is 11.5 Å². The summed E-state index contributed by atoms with van der Waals surface area (Å²) in [4.78, 5) is 4.27. The third kappa shape index (κ3) is 3.63. The number of hydrogen-bond donors (Lipinski definition) is 1. The quantitative estimate of drug-likeness (QED) is 0.876. The number of halogens is 1. The van der Waals surface area contributed by atoms with E-state index in [1.807, 2.05) is 30.3 Å². The van der Waals surface area contributed by atoms with Gasteiger partial charge in [-0.2, -0.15) is 0 Å². The third-order valence-corrected chi connectivity index (χ3v) is 3.55. The van der Waals surface area contributed by atoms with Crippen LogP contribution in [0.1, 0.15) is 5.56 Å². The fraction of sp³-hybridized carbons (Fsp3) is 0.267. The van der Waals surface area contributed by atoms with E-state index >= 15 is 0 Å². The molecule has 0 fully saturated rings. The van der Waals surface area contributed by atoms with Crippen molar-refractivity contribution in [2.45, 2.75) is 6.42 Å². The van der Waals surface area contributed by atoms with E-state index in [-0.39, 0.29) is 0 Å². The molecule has 0 unspecified atom stereocenters. The van der Waals surface area contributed by atoms with Gasteiger partial charge in [-0.1, -0.05) is 6.07 Å². The molecule has 0 saturated heterocycles. The van der Waals surface area contributed by atoms with Crippen molar-refractivity contribution in [2.24, 2.45) is 0 Å². The summed E-state index contributed by atoms with van der Waals surface area (Å²) >= 11 is 3.46. The lowest BCUT2D eigenvalue weighted by Gasteiger charge is -2.10. The largest absolute Gasteiger partial charge is 0.493 e. The van der Waals surface area contributed by atoms with Crippen molar-refractivity contribution in [2.75, 3.05) is 26.1 Å². The minimum atomic E-state index is 0.747. The minimum Gasteiger partial charge on any atom is -0.493 e. The number of anilines is 1. The van der Waals surface area contributed by atoms with Crippen LogP contribution in [0.25, 0.3) is 0 Å². The van der Waals surface area contributed by atoms with Crippen LogP contribution < -0.4 is 14.8 Å². The van der Waals surface area contributed by atoms with E-state index in [1.54, 1.807) is 20.4 Å². The molecule has 0 radical (unpaired) electrons. The summed E-state index contributed by atoms with van der Waals surface area (Å²) < 4.78 is 11.5. The van der Waals surface area contributed by atoms with Crippen LogP contribution in [0, 0.1) is 0 Å². The SMILES string of the molecule is COc1ccc(CCNc2ncccc2Br)cc1OC. The lowest BCUT2D eigenvalue weighted by molar-refractivity contribution is 0.354. The predicted octanol–water partition coefficient (Wildman–Crippen LogP) is 3.52. The molecule has 1 heterocycles. The van der Waals surface area contributed by atoms with Gasteiger partial charge in [0.25, 0.3) is 0 Å². The smallest absolute Gasteiger partial charge is 0.160 e. The molecular formula is C15H17BrN2O2. The van der Waals surface area contributed by atoms with Crippen LogP contribution in [0.2, 0.25) is 0 Å². The summed E-state index contributed by atoms with van der Waals surface area (Å²) in [6.07, 6.45) is 2.65. The van der Waals surface area contributed by atoms with Crippen molar-refractivity contribution < 1.29 is 9.47 Å². The van der Waals surface area contributed by atoms with E-state index in [4.69, 9.17) is 9.47 Å². The molecule has 1 aromatic carbocycles. The van der Waals surface area contributed by atoms with Crippen LogP contribution in [0.4, 0.5) is 5.82 Å². The molecule has 0 atom stereocenters. The lowest BCUT2D eigenvalue weighted by atomic mass is 10.1. The van der Waals surface area contributed by atoms with Gasteiger partial charge in [-0.05, 0) is 52.2 Å². The maximum absolute atomic E-state index is 5.30. The van der Waals surface area contributed by atoms with Gasteiger partial charge in [0.1, 0.15) is 5.82 Å². The molecule has 4 nitrogen and oxygen atoms in total. The zero-order valence-corrected chi connectivity index (χ0v) is 13.1. The molecule has 0 aliphatic carbocycles. The van der Waals surface area contributed by atoms with E-state index in [9.17, 15) is 0 Å². The topological polar surface area (TPSA) is 43.4 Å². The molecule has 0 aliphatic heterocycles. The van der Waals surface area contributed by atoms with Crippen LogP contribution >= 0.6 is 15.9 Å². The van der Waals surface area contributed by atoms with Gasteiger partial charge >= 0.3 is 0 Å². The van der Waals surface area contributed by atoms with Gasteiger partial charge in [0, 0.05) is 12.7 Å². The Morgan fingerprint density at radius 2 is 1.95 bits per heavy atom. The normalized spacial score (nSPS) is 10.2. The lowest BCUT2D eigenvalue weighted by Crippen LogP contribution is -2.07. The molecule has 1 N–H and O–H groups in total. The average molecular weight is 337 g/mol. The Labute approximate surface area is 127 Å². The molecule has 2 rings (SSSR count). The Balaban J connectivity index is 1.96. The number of rotatable bonds is 6. The Morgan fingerprint density at radius 1 is 1.15 bits per heavy atom. The highest BCUT2D eigenvalue weighted by Gasteiger charge is 2.05. The first-order chi connectivity index (χ1) is 9.74. The molecule has 2 aromatic rings. The minimum absolute atomic E-state index is 0.747. The Hall–Kier alpha value is -1.75. The van der Waals surface area contributed by atoms with E-state index < -0.39 is 0 Å². The van der Waals surface area contributed by atoms with Gasteiger partial charge in [0.2, 0.25) is 0 Å².